The molecule has 1 aromatic carbocycles. The molecule has 0 saturated carbocycles. The molecule has 0 saturated heterocycles. The van der Waals surface area contributed by atoms with Crippen LogP contribution in [-0.4, -0.2) is 34.9 Å². The van der Waals surface area contributed by atoms with Crippen molar-refractivity contribution in [2.45, 2.75) is 27.2 Å². The van der Waals surface area contributed by atoms with E-state index in [0.29, 0.717) is 23.5 Å². The normalized spacial score (nSPS) is 10.8. The van der Waals surface area contributed by atoms with Crippen LogP contribution in [0.4, 0.5) is 11.5 Å². The highest BCUT2D eigenvalue weighted by Crippen LogP contribution is 2.28. The quantitative estimate of drug-likeness (QED) is 0.534. The highest BCUT2D eigenvalue weighted by molar-refractivity contribution is 5.99. The number of aromatic nitrogens is 2. The molecule has 0 bridgehead atoms. The third kappa shape index (κ3) is 4.22. The third-order valence-electron chi connectivity index (χ3n) is 4.67. The first-order chi connectivity index (χ1) is 14.0. The van der Waals surface area contributed by atoms with E-state index >= 15 is 0 Å². The number of aryl methyl sites for hydroxylation is 2. The van der Waals surface area contributed by atoms with Crippen LogP contribution in [0.3, 0.4) is 0 Å². The van der Waals surface area contributed by atoms with Gasteiger partial charge in [0.05, 0.1) is 18.2 Å². The summed E-state index contributed by atoms with van der Waals surface area (Å²) in [5, 5.41) is 6.22. The molecule has 3 rings (SSSR count). The maximum atomic E-state index is 12.5. The molecular weight excluding hydrogens is 370 g/mol. The molecule has 8 nitrogen and oxygen atoms in total. The summed E-state index contributed by atoms with van der Waals surface area (Å²) >= 11 is 0. The molecule has 8 heteroatoms. The van der Waals surface area contributed by atoms with Gasteiger partial charge in [0, 0.05) is 36.4 Å². The van der Waals surface area contributed by atoms with E-state index in [9.17, 15) is 9.59 Å². The van der Waals surface area contributed by atoms with Gasteiger partial charge >= 0.3 is 0 Å². The predicted molar refractivity (Wildman–Crippen MR) is 111 cm³/mol. The number of rotatable bonds is 7. The molecule has 0 fully saturated rings. The van der Waals surface area contributed by atoms with Crippen molar-refractivity contribution in [2.24, 2.45) is 0 Å². The predicted octanol–water partition coefficient (Wildman–Crippen LogP) is 3.13. The van der Waals surface area contributed by atoms with E-state index in [1.54, 1.807) is 30.7 Å². The van der Waals surface area contributed by atoms with Crippen LogP contribution in [-0.2, 0) is 4.84 Å². The van der Waals surface area contributed by atoms with E-state index in [2.05, 4.69) is 21.1 Å². The van der Waals surface area contributed by atoms with Gasteiger partial charge in [0.15, 0.2) is 5.82 Å². The molecule has 0 aliphatic rings. The molecule has 0 atom stereocenters. The van der Waals surface area contributed by atoms with E-state index in [1.165, 1.54) is 7.11 Å². The third-order valence-corrected chi connectivity index (χ3v) is 4.67. The lowest BCUT2D eigenvalue weighted by Crippen LogP contribution is -2.24. The second-order valence-corrected chi connectivity index (χ2v) is 6.75. The Morgan fingerprint density at radius 2 is 2.00 bits per heavy atom. The maximum absolute atomic E-state index is 12.5. The van der Waals surface area contributed by atoms with Gasteiger partial charge in [-0.15, -0.1) is 0 Å². The Balaban J connectivity index is 1.99. The van der Waals surface area contributed by atoms with Crippen LogP contribution in [0.2, 0.25) is 0 Å². The monoisotopic (exact) mass is 395 g/mol. The van der Waals surface area contributed by atoms with Gasteiger partial charge in [0.1, 0.15) is 0 Å². The first kappa shape index (κ1) is 20.3. The lowest BCUT2D eigenvalue weighted by atomic mass is 10.1. The van der Waals surface area contributed by atoms with E-state index < -0.39 is 0 Å². The minimum atomic E-state index is -0.338. The van der Waals surface area contributed by atoms with Gasteiger partial charge < -0.3 is 15.0 Å². The van der Waals surface area contributed by atoms with Crippen molar-refractivity contribution >= 4 is 28.8 Å². The Kier molecular flexibility index (Phi) is 6.13. The smallest absolute Gasteiger partial charge is 0.274 e. The summed E-state index contributed by atoms with van der Waals surface area (Å²) in [5.41, 5.74) is 6.71. The SMILES string of the molecule is CCCNC(=O)c1cn2ccnc(Nc3cc(C(=O)NOC)ccc3C)c2c1C. The highest BCUT2D eigenvalue weighted by Gasteiger charge is 2.17. The molecule has 3 N–H and O–H groups in total. The molecule has 0 aliphatic carbocycles. The minimum Gasteiger partial charge on any atom is -0.352 e. The summed E-state index contributed by atoms with van der Waals surface area (Å²) < 4.78 is 1.88. The van der Waals surface area contributed by atoms with Crippen molar-refractivity contribution in [3.05, 3.63) is 59.0 Å². The Labute approximate surface area is 169 Å². The molecular formula is C21H25N5O3. The topological polar surface area (TPSA) is 96.8 Å². The number of carbonyl (C=O) groups is 2. The Morgan fingerprint density at radius 1 is 1.21 bits per heavy atom. The van der Waals surface area contributed by atoms with Crippen molar-refractivity contribution in [3.8, 4) is 0 Å². The van der Waals surface area contributed by atoms with Crippen LogP contribution in [0, 0.1) is 13.8 Å². The number of anilines is 2. The fraction of sp³-hybridized carbons (Fsp3) is 0.286. The van der Waals surface area contributed by atoms with Crippen LogP contribution in [0.25, 0.3) is 5.52 Å². The van der Waals surface area contributed by atoms with Gasteiger partial charge in [-0.3, -0.25) is 14.4 Å². The number of carbonyl (C=O) groups excluding carboxylic acids is 2. The van der Waals surface area contributed by atoms with Crippen molar-refractivity contribution in [2.75, 3.05) is 19.0 Å². The zero-order chi connectivity index (χ0) is 21.0. The first-order valence-electron chi connectivity index (χ1n) is 9.41. The van der Waals surface area contributed by atoms with Crippen LogP contribution in [0.5, 0.6) is 0 Å². The molecule has 152 valence electrons. The largest absolute Gasteiger partial charge is 0.352 e. The molecule has 29 heavy (non-hydrogen) atoms. The number of nitrogens with one attached hydrogen (secondary N) is 3. The summed E-state index contributed by atoms with van der Waals surface area (Å²) in [6.07, 6.45) is 6.15. The molecule has 2 amide bonds. The first-order valence-corrected chi connectivity index (χ1v) is 9.41. The summed E-state index contributed by atoms with van der Waals surface area (Å²) in [6, 6.07) is 5.31. The number of amides is 2. The fourth-order valence-electron chi connectivity index (χ4n) is 3.11. The molecule has 0 radical (unpaired) electrons. The Bertz CT molecular complexity index is 1060. The number of fused-ring (bicyclic) bond motifs is 1. The van der Waals surface area contributed by atoms with Crippen LogP contribution < -0.4 is 16.1 Å². The van der Waals surface area contributed by atoms with Gasteiger partial charge in [0.2, 0.25) is 0 Å². The average Bonchev–Trinajstić information content (AvgIpc) is 3.05. The van der Waals surface area contributed by atoms with Crippen molar-refractivity contribution < 1.29 is 14.4 Å². The Hall–Kier alpha value is -3.39. The van der Waals surface area contributed by atoms with Gasteiger partial charge in [-0.25, -0.2) is 10.5 Å². The average molecular weight is 395 g/mol. The summed E-state index contributed by atoms with van der Waals surface area (Å²) in [7, 11) is 1.39. The number of hydrogen-bond acceptors (Lipinski definition) is 5. The van der Waals surface area contributed by atoms with E-state index in [4.69, 9.17) is 4.84 Å². The van der Waals surface area contributed by atoms with E-state index in [0.717, 1.165) is 28.8 Å². The number of hydrogen-bond donors (Lipinski definition) is 3. The second kappa shape index (κ2) is 8.74. The van der Waals surface area contributed by atoms with Gasteiger partial charge in [-0.1, -0.05) is 13.0 Å². The molecule has 2 aromatic heterocycles. The van der Waals surface area contributed by atoms with Crippen LogP contribution in [0.1, 0.15) is 45.2 Å². The maximum Gasteiger partial charge on any atom is 0.274 e. The number of benzene rings is 1. The van der Waals surface area contributed by atoms with E-state index in [1.807, 2.05) is 31.2 Å². The number of nitrogens with zero attached hydrogens (tertiary/aromatic N) is 2. The van der Waals surface area contributed by atoms with E-state index in [-0.39, 0.29) is 11.8 Å². The van der Waals surface area contributed by atoms with Crippen molar-refractivity contribution in [1.82, 2.24) is 20.2 Å². The fourth-order valence-corrected chi connectivity index (χ4v) is 3.11. The highest BCUT2D eigenvalue weighted by atomic mass is 16.6. The second-order valence-electron chi connectivity index (χ2n) is 6.75. The molecule has 3 aromatic rings. The molecule has 2 heterocycles. The number of hydroxylamine groups is 1. The Morgan fingerprint density at radius 3 is 2.72 bits per heavy atom. The van der Waals surface area contributed by atoms with Crippen LogP contribution in [0.15, 0.2) is 36.8 Å². The van der Waals surface area contributed by atoms with Gasteiger partial charge in [-0.05, 0) is 43.5 Å². The molecule has 0 unspecified atom stereocenters. The van der Waals surface area contributed by atoms with Gasteiger partial charge in [-0.2, -0.15) is 0 Å². The summed E-state index contributed by atoms with van der Waals surface area (Å²) in [6.45, 7) is 6.48. The minimum absolute atomic E-state index is 0.103. The standard InChI is InChI=1S/C21H25N5O3/c1-5-8-23-21(28)16-12-26-10-9-22-19(18(26)14(16)3)24-17-11-15(7-6-13(17)2)20(27)25-29-4/h6-7,9-12H,5,8H2,1-4H3,(H,22,24)(H,23,28)(H,25,27). The lowest BCUT2D eigenvalue weighted by molar-refractivity contribution is 0.0537. The van der Waals surface area contributed by atoms with Crippen molar-refractivity contribution in [3.63, 3.8) is 0 Å². The van der Waals surface area contributed by atoms with Crippen LogP contribution >= 0.6 is 0 Å². The summed E-state index contributed by atoms with van der Waals surface area (Å²) in [5.74, 6) is 0.163. The zero-order valence-electron chi connectivity index (χ0n) is 17.0. The molecule has 0 aliphatic heterocycles. The summed E-state index contributed by atoms with van der Waals surface area (Å²) in [4.78, 5) is 33.7. The lowest BCUT2D eigenvalue weighted by Gasteiger charge is -2.12. The van der Waals surface area contributed by atoms with Gasteiger partial charge in [0.25, 0.3) is 11.8 Å². The van der Waals surface area contributed by atoms with Crippen molar-refractivity contribution in [1.29, 1.82) is 0 Å². The zero-order valence-corrected chi connectivity index (χ0v) is 17.0. The molecule has 0 spiro atoms.